The highest BCUT2D eigenvalue weighted by Crippen LogP contribution is 2.31. The average molecular weight is 292 g/mol. The number of benzene rings is 1. The van der Waals surface area contributed by atoms with Crippen molar-refractivity contribution in [1.29, 1.82) is 0 Å². The Morgan fingerprint density at radius 2 is 2.19 bits per heavy atom. The van der Waals surface area contributed by atoms with E-state index in [2.05, 4.69) is 18.9 Å². The zero-order valence-corrected chi connectivity index (χ0v) is 13.0. The quantitative estimate of drug-likeness (QED) is 0.925. The van der Waals surface area contributed by atoms with Crippen molar-refractivity contribution in [2.45, 2.75) is 25.8 Å². The number of rotatable bonds is 3. The Kier molecular flexibility index (Phi) is 5.07. The number of phenolic OH excluding ortho intramolecular Hbond substituents is 1. The summed E-state index contributed by atoms with van der Waals surface area (Å²) >= 11 is 0. The standard InChI is InChI=1S/C16H24N2O3/c1-4-12-11-17(2)9-6-10-18(12)16(20)13-7-5-8-14(21-3)15(13)19/h5,7-8,12,19H,4,6,9-11H2,1-3H3. The van der Waals surface area contributed by atoms with Crippen molar-refractivity contribution in [3.8, 4) is 11.5 Å². The number of carbonyl (C=O) groups excluding carboxylic acids is 1. The second-order valence-corrected chi connectivity index (χ2v) is 5.53. The Bertz CT molecular complexity index is 504. The maximum absolute atomic E-state index is 12.8. The van der Waals surface area contributed by atoms with Gasteiger partial charge >= 0.3 is 0 Å². The van der Waals surface area contributed by atoms with Gasteiger partial charge < -0.3 is 19.6 Å². The van der Waals surface area contributed by atoms with Gasteiger partial charge in [0.25, 0.3) is 5.91 Å². The molecule has 1 aromatic rings. The summed E-state index contributed by atoms with van der Waals surface area (Å²) in [5.41, 5.74) is 0.317. The third kappa shape index (κ3) is 3.29. The molecule has 1 aliphatic rings. The first-order chi connectivity index (χ1) is 10.1. The van der Waals surface area contributed by atoms with E-state index in [0.717, 1.165) is 32.5 Å². The van der Waals surface area contributed by atoms with E-state index in [1.165, 1.54) is 7.11 Å². The van der Waals surface area contributed by atoms with Gasteiger partial charge in [-0.2, -0.15) is 0 Å². The van der Waals surface area contributed by atoms with E-state index in [1.54, 1.807) is 18.2 Å². The highest BCUT2D eigenvalue weighted by Gasteiger charge is 2.28. The van der Waals surface area contributed by atoms with E-state index < -0.39 is 0 Å². The normalized spacial score (nSPS) is 20.1. The summed E-state index contributed by atoms with van der Waals surface area (Å²) in [6, 6.07) is 5.22. The molecule has 1 heterocycles. The van der Waals surface area contributed by atoms with Gasteiger partial charge in [0.15, 0.2) is 11.5 Å². The number of phenols is 1. The Morgan fingerprint density at radius 1 is 1.43 bits per heavy atom. The molecule has 1 N–H and O–H groups in total. The summed E-state index contributed by atoms with van der Waals surface area (Å²) in [5.74, 6) is 0.145. The second-order valence-electron chi connectivity index (χ2n) is 5.53. The molecule has 1 unspecified atom stereocenters. The second kappa shape index (κ2) is 6.80. The fourth-order valence-corrected chi connectivity index (χ4v) is 2.87. The number of para-hydroxylation sites is 1. The third-order valence-electron chi connectivity index (χ3n) is 4.08. The molecule has 1 atom stereocenters. The molecule has 1 aliphatic heterocycles. The number of hydrogen-bond donors (Lipinski definition) is 1. The molecule has 0 bridgehead atoms. The van der Waals surface area contributed by atoms with Crippen molar-refractivity contribution in [2.24, 2.45) is 0 Å². The van der Waals surface area contributed by atoms with Crippen LogP contribution in [0, 0.1) is 0 Å². The largest absolute Gasteiger partial charge is 0.504 e. The lowest BCUT2D eigenvalue weighted by molar-refractivity contribution is 0.0672. The number of nitrogens with zero attached hydrogens (tertiary/aromatic N) is 2. The van der Waals surface area contributed by atoms with Gasteiger partial charge in [-0.15, -0.1) is 0 Å². The van der Waals surface area contributed by atoms with Crippen LogP contribution in [0.2, 0.25) is 0 Å². The average Bonchev–Trinajstić information content (AvgIpc) is 2.68. The molecule has 1 saturated heterocycles. The Balaban J connectivity index is 2.29. The van der Waals surface area contributed by atoms with Gasteiger partial charge in [0.1, 0.15) is 0 Å². The summed E-state index contributed by atoms with van der Waals surface area (Å²) in [7, 11) is 3.57. The molecule has 5 nitrogen and oxygen atoms in total. The summed E-state index contributed by atoms with van der Waals surface area (Å²) < 4.78 is 5.09. The molecular formula is C16H24N2O3. The first-order valence-electron chi connectivity index (χ1n) is 7.44. The van der Waals surface area contributed by atoms with Gasteiger partial charge in [0.05, 0.1) is 12.7 Å². The van der Waals surface area contributed by atoms with Gasteiger partial charge in [0.2, 0.25) is 0 Å². The lowest BCUT2D eigenvalue weighted by atomic mass is 10.1. The molecule has 1 amide bonds. The molecule has 0 radical (unpaired) electrons. The number of likely N-dealkylation sites (N-methyl/N-ethyl adjacent to an activating group) is 1. The fourth-order valence-electron chi connectivity index (χ4n) is 2.87. The predicted molar refractivity (Wildman–Crippen MR) is 81.9 cm³/mol. The van der Waals surface area contributed by atoms with Crippen molar-refractivity contribution in [3.05, 3.63) is 23.8 Å². The summed E-state index contributed by atoms with van der Waals surface area (Å²) in [6.07, 6.45) is 1.85. The highest BCUT2D eigenvalue weighted by molar-refractivity contribution is 5.97. The molecule has 1 aromatic carbocycles. The molecule has 0 aliphatic carbocycles. The minimum atomic E-state index is -0.117. The van der Waals surface area contributed by atoms with E-state index in [4.69, 9.17) is 4.74 Å². The van der Waals surface area contributed by atoms with Crippen molar-refractivity contribution in [1.82, 2.24) is 9.80 Å². The van der Waals surface area contributed by atoms with Crippen LogP contribution in [0.1, 0.15) is 30.1 Å². The first-order valence-corrected chi connectivity index (χ1v) is 7.44. The molecule has 0 saturated carbocycles. The topological polar surface area (TPSA) is 53.0 Å². The highest BCUT2D eigenvalue weighted by atomic mass is 16.5. The Hall–Kier alpha value is -1.75. The van der Waals surface area contributed by atoms with Crippen LogP contribution in [0.5, 0.6) is 11.5 Å². The van der Waals surface area contributed by atoms with E-state index in [-0.39, 0.29) is 17.7 Å². The summed E-state index contributed by atoms with van der Waals surface area (Å²) in [5, 5.41) is 10.2. The Morgan fingerprint density at radius 3 is 2.86 bits per heavy atom. The molecule has 1 fully saturated rings. The minimum absolute atomic E-state index is 0.0718. The smallest absolute Gasteiger partial charge is 0.258 e. The van der Waals surface area contributed by atoms with E-state index in [9.17, 15) is 9.90 Å². The van der Waals surface area contributed by atoms with Crippen molar-refractivity contribution < 1.29 is 14.6 Å². The summed E-state index contributed by atoms with van der Waals surface area (Å²) in [6.45, 7) is 4.67. The van der Waals surface area contributed by atoms with Crippen molar-refractivity contribution in [2.75, 3.05) is 33.8 Å². The maximum atomic E-state index is 12.8. The van der Waals surface area contributed by atoms with Crippen molar-refractivity contribution >= 4 is 5.91 Å². The SMILES string of the molecule is CCC1CN(C)CCCN1C(=O)c1cccc(OC)c1O. The molecule has 0 spiro atoms. The molecule has 116 valence electrons. The van der Waals surface area contributed by atoms with E-state index >= 15 is 0 Å². The number of hydrogen-bond acceptors (Lipinski definition) is 4. The van der Waals surface area contributed by atoms with Crippen LogP contribution < -0.4 is 4.74 Å². The van der Waals surface area contributed by atoms with Crippen LogP contribution in [0.25, 0.3) is 0 Å². The number of methoxy groups -OCH3 is 1. The van der Waals surface area contributed by atoms with Crippen LogP contribution >= 0.6 is 0 Å². The fraction of sp³-hybridized carbons (Fsp3) is 0.562. The number of carbonyl (C=O) groups is 1. The zero-order chi connectivity index (χ0) is 15.4. The van der Waals surface area contributed by atoms with E-state index in [1.807, 2.05) is 4.90 Å². The molecule has 5 heteroatoms. The van der Waals surface area contributed by atoms with Crippen LogP contribution in [-0.2, 0) is 0 Å². The molecule has 0 aromatic heterocycles. The maximum Gasteiger partial charge on any atom is 0.258 e. The molecular weight excluding hydrogens is 268 g/mol. The zero-order valence-electron chi connectivity index (χ0n) is 13.0. The van der Waals surface area contributed by atoms with Crippen LogP contribution in [0.3, 0.4) is 0 Å². The Labute approximate surface area is 126 Å². The number of aromatic hydroxyl groups is 1. The molecule has 2 rings (SSSR count). The third-order valence-corrected chi connectivity index (χ3v) is 4.08. The van der Waals surface area contributed by atoms with Gasteiger partial charge in [-0.25, -0.2) is 0 Å². The minimum Gasteiger partial charge on any atom is -0.504 e. The first kappa shape index (κ1) is 15.6. The van der Waals surface area contributed by atoms with Gasteiger partial charge in [-0.3, -0.25) is 4.79 Å². The van der Waals surface area contributed by atoms with Gasteiger partial charge in [0, 0.05) is 19.1 Å². The van der Waals surface area contributed by atoms with Gasteiger partial charge in [-0.05, 0) is 38.6 Å². The van der Waals surface area contributed by atoms with Gasteiger partial charge in [-0.1, -0.05) is 13.0 Å². The number of ether oxygens (including phenoxy) is 1. The van der Waals surface area contributed by atoms with Crippen molar-refractivity contribution in [3.63, 3.8) is 0 Å². The monoisotopic (exact) mass is 292 g/mol. The summed E-state index contributed by atoms with van der Waals surface area (Å²) in [4.78, 5) is 17.0. The van der Waals surface area contributed by atoms with Crippen LogP contribution in [-0.4, -0.2) is 60.6 Å². The lowest BCUT2D eigenvalue weighted by Gasteiger charge is -2.30. The van der Waals surface area contributed by atoms with E-state index in [0.29, 0.717) is 11.3 Å². The number of amides is 1. The predicted octanol–water partition coefficient (Wildman–Crippen LogP) is 1.96. The molecule has 21 heavy (non-hydrogen) atoms. The van der Waals surface area contributed by atoms with Crippen LogP contribution in [0.15, 0.2) is 18.2 Å². The lowest BCUT2D eigenvalue weighted by Crippen LogP contribution is -2.43. The van der Waals surface area contributed by atoms with Crippen LogP contribution in [0.4, 0.5) is 0 Å².